The average Bonchev–Trinajstić information content (AvgIpc) is 2.00. The van der Waals surface area contributed by atoms with E-state index in [9.17, 15) is 4.79 Å². The fraction of sp³-hybridized carbons (Fsp3) is 0.909. The van der Waals surface area contributed by atoms with Crippen LogP contribution in [-0.2, 0) is 9.53 Å². The first kappa shape index (κ1) is 13.4. The van der Waals surface area contributed by atoms with Gasteiger partial charge in [0, 0.05) is 19.5 Å². The van der Waals surface area contributed by atoms with Gasteiger partial charge in [-0.3, -0.25) is 4.79 Å². The van der Waals surface area contributed by atoms with Gasteiger partial charge in [-0.25, -0.2) is 0 Å². The molecule has 0 heterocycles. The van der Waals surface area contributed by atoms with Crippen molar-refractivity contribution in [3.63, 3.8) is 0 Å². The third-order valence-corrected chi connectivity index (χ3v) is 1.83. The van der Waals surface area contributed by atoms with Crippen LogP contribution in [0.1, 0.15) is 34.6 Å². The zero-order valence-electron chi connectivity index (χ0n) is 10.3. The van der Waals surface area contributed by atoms with Crippen LogP contribution >= 0.6 is 0 Å². The summed E-state index contributed by atoms with van der Waals surface area (Å²) in [5.74, 6) is 0.233. The predicted octanol–water partition coefficient (Wildman–Crippen LogP) is 1.92. The molecule has 0 aliphatic rings. The molecule has 0 spiro atoms. The van der Waals surface area contributed by atoms with Gasteiger partial charge in [0.1, 0.15) is 0 Å². The lowest BCUT2D eigenvalue weighted by atomic mass is 10.2. The Labute approximate surface area is 87.4 Å². The van der Waals surface area contributed by atoms with Crippen molar-refractivity contribution in [2.24, 2.45) is 5.92 Å². The molecule has 84 valence electrons. The third-order valence-electron chi connectivity index (χ3n) is 1.83. The van der Waals surface area contributed by atoms with Crippen LogP contribution in [-0.4, -0.2) is 36.6 Å². The molecule has 0 atom stereocenters. The Morgan fingerprint density at radius 3 is 2.21 bits per heavy atom. The summed E-state index contributed by atoms with van der Waals surface area (Å²) in [6.07, 6.45) is 0. The van der Waals surface area contributed by atoms with E-state index >= 15 is 0 Å². The molecular formula is C11H23NO2. The molecule has 1 amide bonds. The minimum Gasteiger partial charge on any atom is -0.374 e. The number of rotatable bonds is 4. The molecule has 0 saturated heterocycles. The molecule has 0 aliphatic heterocycles. The summed E-state index contributed by atoms with van der Waals surface area (Å²) in [5.41, 5.74) is -0.123. The van der Waals surface area contributed by atoms with Gasteiger partial charge >= 0.3 is 0 Å². The van der Waals surface area contributed by atoms with Crippen LogP contribution in [0.5, 0.6) is 0 Å². The molecule has 0 fully saturated rings. The summed E-state index contributed by atoms with van der Waals surface area (Å²) in [5, 5.41) is 0. The highest BCUT2D eigenvalue weighted by Gasteiger charge is 2.14. The molecule has 0 aromatic carbocycles. The Kier molecular flexibility index (Phi) is 5.13. The fourth-order valence-electron chi connectivity index (χ4n) is 1.04. The van der Waals surface area contributed by atoms with E-state index < -0.39 is 0 Å². The Morgan fingerprint density at radius 1 is 1.36 bits per heavy atom. The molecule has 0 aliphatic carbocycles. The molecule has 0 aromatic heterocycles. The Balaban J connectivity index is 3.75. The highest BCUT2D eigenvalue weighted by atomic mass is 16.5. The van der Waals surface area contributed by atoms with Crippen LogP contribution < -0.4 is 0 Å². The number of ether oxygens (including phenoxy) is 1. The fourth-order valence-corrected chi connectivity index (χ4v) is 1.04. The molecule has 0 aromatic rings. The number of hydrogen-bond donors (Lipinski definition) is 0. The van der Waals surface area contributed by atoms with E-state index in [0.717, 1.165) is 0 Å². The van der Waals surface area contributed by atoms with Crippen molar-refractivity contribution >= 4 is 5.91 Å². The van der Waals surface area contributed by atoms with E-state index in [-0.39, 0.29) is 17.4 Å². The number of amides is 1. The molecular weight excluding hydrogens is 178 g/mol. The second-order valence-corrected chi connectivity index (χ2v) is 4.88. The Morgan fingerprint density at radius 2 is 1.86 bits per heavy atom. The van der Waals surface area contributed by atoms with Gasteiger partial charge in [-0.2, -0.15) is 0 Å². The minimum atomic E-state index is -0.123. The van der Waals surface area contributed by atoms with Crippen LogP contribution in [0.15, 0.2) is 0 Å². The maximum Gasteiger partial charge on any atom is 0.224 e. The van der Waals surface area contributed by atoms with Crippen LogP contribution in [0.25, 0.3) is 0 Å². The van der Waals surface area contributed by atoms with E-state index in [1.165, 1.54) is 0 Å². The van der Waals surface area contributed by atoms with Gasteiger partial charge < -0.3 is 9.64 Å². The number of likely N-dealkylation sites (N-methyl/N-ethyl adjacent to an activating group) is 1. The van der Waals surface area contributed by atoms with Crippen LogP contribution in [0.3, 0.4) is 0 Å². The van der Waals surface area contributed by atoms with Crippen molar-refractivity contribution in [2.75, 3.05) is 20.2 Å². The minimum absolute atomic E-state index is 0.0645. The lowest BCUT2D eigenvalue weighted by molar-refractivity contribution is -0.134. The average molecular weight is 201 g/mol. The molecule has 0 saturated carbocycles. The standard InChI is InChI=1S/C11H23NO2/c1-9(2)10(13)12(6)7-8-14-11(3,4)5/h9H,7-8H2,1-6H3. The van der Waals surface area contributed by atoms with Gasteiger partial charge in [0.25, 0.3) is 0 Å². The van der Waals surface area contributed by atoms with E-state index in [1.54, 1.807) is 4.90 Å². The van der Waals surface area contributed by atoms with Gasteiger partial charge in [0.15, 0.2) is 0 Å². The molecule has 0 radical (unpaired) electrons. The topological polar surface area (TPSA) is 29.5 Å². The summed E-state index contributed by atoms with van der Waals surface area (Å²) >= 11 is 0. The van der Waals surface area contributed by atoms with Crippen LogP contribution in [0, 0.1) is 5.92 Å². The molecule has 14 heavy (non-hydrogen) atoms. The van der Waals surface area contributed by atoms with Crippen molar-refractivity contribution in [1.29, 1.82) is 0 Å². The lowest BCUT2D eigenvalue weighted by Gasteiger charge is -2.23. The third kappa shape index (κ3) is 5.97. The van der Waals surface area contributed by atoms with Crippen molar-refractivity contribution in [2.45, 2.75) is 40.2 Å². The predicted molar refractivity (Wildman–Crippen MR) is 58.2 cm³/mol. The van der Waals surface area contributed by atoms with Gasteiger partial charge in [0.2, 0.25) is 5.91 Å². The maximum atomic E-state index is 11.5. The van der Waals surface area contributed by atoms with Crippen molar-refractivity contribution in [1.82, 2.24) is 4.90 Å². The van der Waals surface area contributed by atoms with E-state index in [1.807, 2.05) is 41.7 Å². The first-order chi connectivity index (χ1) is 6.24. The molecule has 3 nitrogen and oxygen atoms in total. The zero-order valence-corrected chi connectivity index (χ0v) is 10.3. The van der Waals surface area contributed by atoms with Crippen molar-refractivity contribution in [3.8, 4) is 0 Å². The molecule has 0 N–H and O–H groups in total. The summed E-state index contributed by atoms with van der Waals surface area (Å²) in [7, 11) is 1.81. The summed E-state index contributed by atoms with van der Waals surface area (Å²) < 4.78 is 5.54. The second kappa shape index (κ2) is 5.35. The molecule has 0 unspecified atom stereocenters. The van der Waals surface area contributed by atoms with Crippen LogP contribution in [0.2, 0.25) is 0 Å². The number of nitrogens with zero attached hydrogens (tertiary/aromatic N) is 1. The lowest BCUT2D eigenvalue weighted by Crippen LogP contribution is -2.35. The van der Waals surface area contributed by atoms with E-state index in [2.05, 4.69) is 0 Å². The Hall–Kier alpha value is -0.570. The summed E-state index contributed by atoms with van der Waals surface area (Å²) in [4.78, 5) is 13.2. The first-order valence-corrected chi connectivity index (χ1v) is 5.13. The van der Waals surface area contributed by atoms with Crippen molar-refractivity contribution < 1.29 is 9.53 Å². The number of carbonyl (C=O) groups excluding carboxylic acids is 1. The van der Waals surface area contributed by atoms with E-state index in [0.29, 0.717) is 13.2 Å². The van der Waals surface area contributed by atoms with Gasteiger partial charge in [0.05, 0.1) is 12.2 Å². The zero-order chi connectivity index (χ0) is 11.4. The second-order valence-electron chi connectivity index (χ2n) is 4.88. The van der Waals surface area contributed by atoms with Gasteiger partial charge in [-0.1, -0.05) is 13.8 Å². The van der Waals surface area contributed by atoms with Crippen molar-refractivity contribution in [3.05, 3.63) is 0 Å². The molecule has 0 bridgehead atoms. The molecule has 3 heteroatoms. The smallest absolute Gasteiger partial charge is 0.224 e. The largest absolute Gasteiger partial charge is 0.374 e. The number of hydrogen-bond acceptors (Lipinski definition) is 2. The van der Waals surface area contributed by atoms with Gasteiger partial charge in [-0.15, -0.1) is 0 Å². The van der Waals surface area contributed by atoms with Gasteiger partial charge in [-0.05, 0) is 20.8 Å². The SMILES string of the molecule is CC(C)C(=O)N(C)CCOC(C)(C)C. The summed E-state index contributed by atoms with van der Waals surface area (Å²) in [6.45, 7) is 11.1. The van der Waals surface area contributed by atoms with E-state index in [4.69, 9.17) is 4.74 Å². The summed E-state index contributed by atoms with van der Waals surface area (Å²) in [6, 6.07) is 0. The number of carbonyl (C=O) groups is 1. The molecule has 0 rings (SSSR count). The highest BCUT2D eigenvalue weighted by Crippen LogP contribution is 2.06. The monoisotopic (exact) mass is 201 g/mol. The van der Waals surface area contributed by atoms with Crippen LogP contribution in [0.4, 0.5) is 0 Å². The highest BCUT2D eigenvalue weighted by molar-refractivity contribution is 5.77. The normalized spacial score (nSPS) is 11.9. The quantitative estimate of drug-likeness (QED) is 0.695. The Bertz CT molecular complexity index is 182. The first-order valence-electron chi connectivity index (χ1n) is 5.13. The maximum absolute atomic E-state index is 11.5.